The van der Waals surface area contributed by atoms with Gasteiger partial charge in [0, 0.05) is 30.9 Å². The lowest BCUT2D eigenvalue weighted by atomic mass is 10.1. The van der Waals surface area contributed by atoms with Crippen LogP contribution in [-0.4, -0.2) is 21.8 Å². The summed E-state index contributed by atoms with van der Waals surface area (Å²) in [4.78, 5) is 10.4. The van der Waals surface area contributed by atoms with Crippen LogP contribution < -0.4 is 10.1 Å². The highest BCUT2D eigenvalue weighted by Gasteiger charge is 2.14. The van der Waals surface area contributed by atoms with Gasteiger partial charge < -0.3 is 10.1 Å². The van der Waals surface area contributed by atoms with Gasteiger partial charge in [0.25, 0.3) is 5.69 Å². The number of methoxy groups -OCH3 is 1. The number of nitrogens with one attached hydrogen (secondary N) is 1. The molecule has 1 heterocycles. The number of nitro benzene ring substituents is 1. The maximum atomic E-state index is 10.8. The van der Waals surface area contributed by atoms with Crippen molar-refractivity contribution in [3.63, 3.8) is 0 Å². The van der Waals surface area contributed by atoms with Crippen LogP contribution in [0.1, 0.15) is 16.8 Å². The van der Waals surface area contributed by atoms with E-state index in [4.69, 9.17) is 4.74 Å². The van der Waals surface area contributed by atoms with Crippen molar-refractivity contribution in [1.29, 1.82) is 0 Å². The van der Waals surface area contributed by atoms with Crippen molar-refractivity contribution in [2.45, 2.75) is 20.4 Å². The SMILES string of the molecule is COc1c(CNc2ccc([N+](=O)[O-])c(C)c2)c(C)nn1C. The molecule has 0 fully saturated rings. The second-order valence-electron chi connectivity index (χ2n) is 4.81. The summed E-state index contributed by atoms with van der Waals surface area (Å²) in [7, 11) is 3.43. The molecule has 0 aliphatic carbocycles. The van der Waals surface area contributed by atoms with Crippen LogP contribution in [-0.2, 0) is 13.6 Å². The van der Waals surface area contributed by atoms with E-state index in [1.165, 1.54) is 6.07 Å². The van der Waals surface area contributed by atoms with Gasteiger partial charge in [-0.1, -0.05) is 0 Å². The highest BCUT2D eigenvalue weighted by molar-refractivity contribution is 5.54. The smallest absolute Gasteiger partial charge is 0.272 e. The molecule has 1 aromatic carbocycles. The number of aromatic nitrogens is 2. The minimum absolute atomic E-state index is 0.121. The predicted molar refractivity (Wildman–Crippen MR) is 79.7 cm³/mol. The molecule has 1 N–H and O–H groups in total. The lowest BCUT2D eigenvalue weighted by Gasteiger charge is -2.09. The van der Waals surface area contributed by atoms with E-state index in [9.17, 15) is 10.1 Å². The van der Waals surface area contributed by atoms with Crippen LogP contribution in [0.2, 0.25) is 0 Å². The minimum Gasteiger partial charge on any atom is -0.481 e. The fourth-order valence-corrected chi connectivity index (χ4v) is 2.30. The fourth-order valence-electron chi connectivity index (χ4n) is 2.30. The number of benzene rings is 1. The van der Waals surface area contributed by atoms with Crippen LogP contribution in [0.25, 0.3) is 0 Å². The van der Waals surface area contributed by atoms with Crippen LogP contribution in [0.15, 0.2) is 18.2 Å². The third kappa shape index (κ3) is 2.96. The molecule has 0 spiro atoms. The zero-order chi connectivity index (χ0) is 15.6. The standard InChI is InChI=1S/C14H18N4O3/c1-9-7-11(5-6-13(9)18(19)20)15-8-12-10(2)16-17(3)14(12)21-4/h5-7,15H,8H2,1-4H3. The molecule has 0 amide bonds. The first kappa shape index (κ1) is 14.8. The summed E-state index contributed by atoms with van der Waals surface area (Å²) in [5.41, 5.74) is 3.43. The van der Waals surface area contributed by atoms with Crippen molar-refractivity contribution in [3.05, 3.63) is 45.1 Å². The second-order valence-corrected chi connectivity index (χ2v) is 4.81. The third-order valence-corrected chi connectivity index (χ3v) is 3.34. The lowest BCUT2D eigenvalue weighted by Crippen LogP contribution is -2.03. The lowest BCUT2D eigenvalue weighted by molar-refractivity contribution is -0.385. The molecule has 0 radical (unpaired) electrons. The zero-order valence-corrected chi connectivity index (χ0v) is 12.5. The van der Waals surface area contributed by atoms with Crippen molar-refractivity contribution >= 4 is 11.4 Å². The molecule has 1 aromatic heterocycles. The van der Waals surface area contributed by atoms with E-state index in [1.807, 2.05) is 14.0 Å². The number of hydrogen-bond acceptors (Lipinski definition) is 5. The summed E-state index contributed by atoms with van der Waals surface area (Å²) in [6, 6.07) is 4.96. The Morgan fingerprint density at radius 2 is 2.14 bits per heavy atom. The van der Waals surface area contributed by atoms with Gasteiger partial charge >= 0.3 is 0 Å². The number of aryl methyl sites for hydroxylation is 3. The van der Waals surface area contributed by atoms with E-state index in [-0.39, 0.29) is 10.6 Å². The highest BCUT2D eigenvalue weighted by Crippen LogP contribution is 2.25. The quantitative estimate of drug-likeness (QED) is 0.676. The maximum Gasteiger partial charge on any atom is 0.272 e. The van der Waals surface area contributed by atoms with E-state index >= 15 is 0 Å². The van der Waals surface area contributed by atoms with Gasteiger partial charge in [-0.3, -0.25) is 10.1 Å². The first-order valence-electron chi connectivity index (χ1n) is 6.49. The normalized spacial score (nSPS) is 10.5. The average Bonchev–Trinajstić information content (AvgIpc) is 2.69. The molecule has 112 valence electrons. The molecule has 0 aliphatic heterocycles. The Morgan fingerprint density at radius 3 is 2.71 bits per heavy atom. The van der Waals surface area contributed by atoms with Gasteiger partial charge in [-0.05, 0) is 26.0 Å². The van der Waals surface area contributed by atoms with Crippen LogP contribution in [0.3, 0.4) is 0 Å². The number of nitro groups is 1. The Kier molecular flexibility index (Phi) is 4.11. The molecule has 0 aliphatic rings. The van der Waals surface area contributed by atoms with E-state index < -0.39 is 0 Å². The largest absolute Gasteiger partial charge is 0.481 e. The molecular weight excluding hydrogens is 272 g/mol. The van der Waals surface area contributed by atoms with Crippen LogP contribution in [0, 0.1) is 24.0 Å². The Morgan fingerprint density at radius 1 is 1.43 bits per heavy atom. The summed E-state index contributed by atoms with van der Waals surface area (Å²) in [5.74, 6) is 0.707. The summed E-state index contributed by atoms with van der Waals surface area (Å²) < 4.78 is 7.02. The molecule has 0 atom stereocenters. The van der Waals surface area contributed by atoms with Crippen LogP contribution >= 0.6 is 0 Å². The molecule has 21 heavy (non-hydrogen) atoms. The van der Waals surface area contributed by atoms with E-state index in [1.54, 1.807) is 30.8 Å². The number of hydrogen-bond donors (Lipinski definition) is 1. The van der Waals surface area contributed by atoms with Gasteiger partial charge in [-0.2, -0.15) is 5.10 Å². The van der Waals surface area contributed by atoms with Crippen molar-refractivity contribution in [3.8, 4) is 5.88 Å². The molecule has 7 nitrogen and oxygen atoms in total. The maximum absolute atomic E-state index is 10.8. The molecule has 0 bridgehead atoms. The number of nitrogens with zero attached hydrogens (tertiary/aromatic N) is 3. The minimum atomic E-state index is -0.382. The van der Waals surface area contributed by atoms with Crippen molar-refractivity contribution < 1.29 is 9.66 Å². The average molecular weight is 290 g/mol. The molecule has 2 aromatic rings. The first-order valence-corrected chi connectivity index (χ1v) is 6.49. The van der Waals surface area contributed by atoms with Gasteiger partial charge in [0.05, 0.1) is 23.3 Å². The van der Waals surface area contributed by atoms with Crippen LogP contribution in [0.4, 0.5) is 11.4 Å². The molecule has 0 saturated carbocycles. The van der Waals surface area contributed by atoms with E-state index in [0.717, 1.165) is 16.9 Å². The van der Waals surface area contributed by atoms with Gasteiger partial charge in [0.15, 0.2) is 0 Å². The number of anilines is 1. The van der Waals surface area contributed by atoms with E-state index in [0.29, 0.717) is 18.0 Å². The van der Waals surface area contributed by atoms with Crippen LogP contribution in [0.5, 0.6) is 5.88 Å². The van der Waals surface area contributed by atoms with Crippen molar-refractivity contribution in [1.82, 2.24) is 9.78 Å². The van der Waals surface area contributed by atoms with Gasteiger partial charge in [0.2, 0.25) is 5.88 Å². The number of rotatable bonds is 5. The third-order valence-electron chi connectivity index (χ3n) is 3.34. The summed E-state index contributed by atoms with van der Waals surface area (Å²) in [6.45, 7) is 4.18. The molecule has 0 saturated heterocycles. The molecule has 7 heteroatoms. The van der Waals surface area contributed by atoms with Gasteiger partial charge in [0.1, 0.15) is 0 Å². The van der Waals surface area contributed by atoms with Crippen molar-refractivity contribution in [2.24, 2.45) is 7.05 Å². The molecular formula is C14H18N4O3. The predicted octanol–water partition coefficient (Wildman–Crippen LogP) is 2.57. The molecule has 2 rings (SSSR count). The van der Waals surface area contributed by atoms with Crippen molar-refractivity contribution in [2.75, 3.05) is 12.4 Å². The monoisotopic (exact) mass is 290 g/mol. The Hall–Kier alpha value is -2.57. The molecule has 0 unspecified atom stereocenters. The van der Waals surface area contributed by atoms with Gasteiger partial charge in [-0.25, -0.2) is 4.68 Å². The topological polar surface area (TPSA) is 82.2 Å². The van der Waals surface area contributed by atoms with Gasteiger partial charge in [-0.15, -0.1) is 0 Å². The fraction of sp³-hybridized carbons (Fsp3) is 0.357. The second kappa shape index (κ2) is 5.82. The summed E-state index contributed by atoms with van der Waals surface area (Å²) in [6.07, 6.45) is 0. The Labute approximate surface area is 122 Å². The first-order chi connectivity index (χ1) is 9.93. The zero-order valence-electron chi connectivity index (χ0n) is 12.5. The summed E-state index contributed by atoms with van der Waals surface area (Å²) in [5, 5.41) is 18.4. The summed E-state index contributed by atoms with van der Waals surface area (Å²) >= 11 is 0. The van der Waals surface area contributed by atoms with E-state index in [2.05, 4.69) is 10.4 Å². The Balaban J connectivity index is 2.17. The highest BCUT2D eigenvalue weighted by atomic mass is 16.6. The number of ether oxygens (including phenoxy) is 1. The Bertz CT molecular complexity index is 679.